The van der Waals surface area contributed by atoms with E-state index in [9.17, 15) is 4.79 Å². The summed E-state index contributed by atoms with van der Waals surface area (Å²) in [5.74, 6) is 0.283. The highest BCUT2D eigenvalue weighted by Gasteiger charge is 2.19. The summed E-state index contributed by atoms with van der Waals surface area (Å²) in [6.45, 7) is 8.71. The van der Waals surface area contributed by atoms with E-state index in [0.717, 1.165) is 12.1 Å². The van der Waals surface area contributed by atoms with Crippen LogP contribution in [0.15, 0.2) is 18.2 Å². The number of nitrogens with zero attached hydrogens (tertiary/aromatic N) is 1. The zero-order valence-electron chi connectivity index (χ0n) is 13.1. The highest BCUT2D eigenvalue weighted by Crippen LogP contribution is 2.26. The van der Waals surface area contributed by atoms with Crippen molar-refractivity contribution in [3.8, 4) is 0 Å². The van der Waals surface area contributed by atoms with Gasteiger partial charge in [0, 0.05) is 18.8 Å². The molecule has 1 aromatic rings. The first-order valence-corrected chi connectivity index (χ1v) is 7.16. The van der Waals surface area contributed by atoms with Gasteiger partial charge in [-0.1, -0.05) is 13.8 Å². The minimum atomic E-state index is -0.321. The zero-order chi connectivity index (χ0) is 15.3. The molecule has 1 unspecified atom stereocenters. The zero-order valence-corrected chi connectivity index (χ0v) is 13.1. The molecule has 20 heavy (non-hydrogen) atoms. The molecule has 0 amide bonds. The standard InChI is InChI=1S/C16H26N2O2/c1-6-20-16(19)14-10-13(17)7-8-15(14)18(5)12(4)9-11(2)3/h7-8,10-12H,6,9,17H2,1-5H3. The van der Waals surface area contributed by atoms with Crippen LogP contribution in [0.5, 0.6) is 0 Å². The van der Waals surface area contributed by atoms with Gasteiger partial charge in [-0.05, 0) is 44.4 Å². The Morgan fingerprint density at radius 3 is 2.55 bits per heavy atom. The molecule has 4 nitrogen and oxygen atoms in total. The van der Waals surface area contributed by atoms with Gasteiger partial charge in [0.2, 0.25) is 0 Å². The first-order valence-electron chi connectivity index (χ1n) is 7.16. The molecule has 0 radical (unpaired) electrons. The van der Waals surface area contributed by atoms with Gasteiger partial charge >= 0.3 is 5.97 Å². The van der Waals surface area contributed by atoms with Crippen molar-refractivity contribution in [3.63, 3.8) is 0 Å². The Labute approximate surface area is 121 Å². The summed E-state index contributed by atoms with van der Waals surface area (Å²) in [5, 5.41) is 0. The van der Waals surface area contributed by atoms with Crippen LogP contribution in [0.1, 0.15) is 44.5 Å². The van der Waals surface area contributed by atoms with Gasteiger partial charge in [0.05, 0.1) is 17.9 Å². The van der Waals surface area contributed by atoms with Crippen molar-refractivity contribution in [2.45, 2.75) is 40.2 Å². The second-order valence-electron chi connectivity index (χ2n) is 5.59. The van der Waals surface area contributed by atoms with E-state index >= 15 is 0 Å². The van der Waals surface area contributed by atoms with Crippen molar-refractivity contribution in [1.82, 2.24) is 0 Å². The fraction of sp³-hybridized carbons (Fsp3) is 0.562. The molecule has 0 saturated heterocycles. The number of esters is 1. The minimum Gasteiger partial charge on any atom is -0.462 e. The third-order valence-corrected chi connectivity index (χ3v) is 3.37. The minimum absolute atomic E-state index is 0.321. The number of carbonyl (C=O) groups is 1. The Balaban J connectivity index is 3.07. The number of nitrogen functional groups attached to an aromatic ring is 1. The maximum atomic E-state index is 12.1. The normalized spacial score (nSPS) is 12.3. The molecule has 1 aromatic carbocycles. The van der Waals surface area contributed by atoms with Gasteiger partial charge in [0.15, 0.2) is 0 Å². The maximum Gasteiger partial charge on any atom is 0.340 e. The highest BCUT2D eigenvalue weighted by atomic mass is 16.5. The van der Waals surface area contributed by atoms with Crippen molar-refractivity contribution in [2.75, 3.05) is 24.3 Å². The first kappa shape index (κ1) is 16.3. The lowest BCUT2D eigenvalue weighted by Crippen LogP contribution is -2.31. The second kappa shape index (κ2) is 7.17. The van der Waals surface area contributed by atoms with E-state index in [2.05, 4.69) is 25.7 Å². The van der Waals surface area contributed by atoms with Gasteiger partial charge in [-0.15, -0.1) is 0 Å². The van der Waals surface area contributed by atoms with Crippen molar-refractivity contribution in [1.29, 1.82) is 0 Å². The van der Waals surface area contributed by atoms with Gasteiger partial charge in [0.25, 0.3) is 0 Å². The van der Waals surface area contributed by atoms with Crippen LogP contribution in [-0.2, 0) is 4.74 Å². The monoisotopic (exact) mass is 278 g/mol. The lowest BCUT2D eigenvalue weighted by Gasteiger charge is -2.30. The molecule has 1 atom stereocenters. The maximum absolute atomic E-state index is 12.1. The number of hydrogen-bond acceptors (Lipinski definition) is 4. The van der Waals surface area contributed by atoms with E-state index in [1.165, 1.54) is 0 Å². The Kier molecular flexibility index (Phi) is 5.86. The van der Waals surface area contributed by atoms with Gasteiger partial charge in [-0.25, -0.2) is 4.79 Å². The molecule has 4 heteroatoms. The van der Waals surface area contributed by atoms with Crippen molar-refractivity contribution in [2.24, 2.45) is 5.92 Å². The van der Waals surface area contributed by atoms with Gasteiger partial charge < -0.3 is 15.4 Å². The quantitative estimate of drug-likeness (QED) is 0.640. The van der Waals surface area contributed by atoms with Gasteiger partial charge in [0.1, 0.15) is 0 Å². The van der Waals surface area contributed by atoms with Crippen molar-refractivity contribution < 1.29 is 9.53 Å². The second-order valence-corrected chi connectivity index (χ2v) is 5.59. The fourth-order valence-electron chi connectivity index (χ4n) is 2.31. The highest BCUT2D eigenvalue weighted by molar-refractivity contribution is 5.97. The molecule has 112 valence electrons. The summed E-state index contributed by atoms with van der Waals surface area (Å²) >= 11 is 0. The number of nitrogens with two attached hydrogens (primary N) is 1. The van der Waals surface area contributed by atoms with E-state index in [-0.39, 0.29) is 5.97 Å². The summed E-state index contributed by atoms with van der Waals surface area (Å²) in [4.78, 5) is 14.2. The van der Waals surface area contributed by atoms with E-state index < -0.39 is 0 Å². The molecule has 2 N–H and O–H groups in total. The Morgan fingerprint density at radius 2 is 2.00 bits per heavy atom. The number of ether oxygens (including phenoxy) is 1. The SMILES string of the molecule is CCOC(=O)c1cc(N)ccc1N(C)C(C)CC(C)C. The molecule has 0 aliphatic rings. The van der Waals surface area contributed by atoms with E-state index in [1.807, 2.05) is 19.2 Å². The van der Waals surface area contributed by atoms with Crippen LogP contribution in [0.2, 0.25) is 0 Å². The average molecular weight is 278 g/mol. The molecule has 0 aliphatic carbocycles. The summed E-state index contributed by atoms with van der Waals surface area (Å²) in [7, 11) is 2.00. The van der Waals surface area contributed by atoms with Crippen molar-refractivity contribution in [3.05, 3.63) is 23.8 Å². The first-order chi connectivity index (χ1) is 9.36. The lowest BCUT2D eigenvalue weighted by atomic mass is 10.0. The number of carbonyl (C=O) groups excluding carboxylic acids is 1. The summed E-state index contributed by atoms with van der Waals surface area (Å²) in [5.41, 5.74) is 7.76. The van der Waals surface area contributed by atoms with Crippen LogP contribution in [0.4, 0.5) is 11.4 Å². The van der Waals surface area contributed by atoms with Crippen LogP contribution < -0.4 is 10.6 Å². The van der Waals surface area contributed by atoms with Crippen LogP contribution in [0.3, 0.4) is 0 Å². The Morgan fingerprint density at radius 1 is 1.35 bits per heavy atom. The average Bonchev–Trinajstić information content (AvgIpc) is 2.37. The molecule has 0 aliphatic heterocycles. The van der Waals surface area contributed by atoms with Crippen LogP contribution in [0, 0.1) is 5.92 Å². The van der Waals surface area contributed by atoms with Crippen LogP contribution in [-0.4, -0.2) is 25.7 Å². The summed E-state index contributed by atoms with van der Waals surface area (Å²) in [6.07, 6.45) is 1.06. The fourth-order valence-corrected chi connectivity index (χ4v) is 2.31. The topological polar surface area (TPSA) is 55.6 Å². The summed E-state index contributed by atoms with van der Waals surface area (Å²) in [6, 6.07) is 5.73. The van der Waals surface area contributed by atoms with Crippen LogP contribution >= 0.6 is 0 Å². The Bertz CT molecular complexity index is 458. The molecule has 0 saturated carbocycles. The Hall–Kier alpha value is -1.71. The number of hydrogen-bond donors (Lipinski definition) is 1. The van der Waals surface area contributed by atoms with E-state index in [4.69, 9.17) is 10.5 Å². The van der Waals surface area contributed by atoms with E-state index in [0.29, 0.717) is 29.8 Å². The largest absolute Gasteiger partial charge is 0.462 e. The lowest BCUT2D eigenvalue weighted by molar-refractivity contribution is 0.0527. The van der Waals surface area contributed by atoms with Crippen molar-refractivity contribution >= 4 is 17.3 Å². The van der Waals surface area contributed by atoms with Gasteiger partial charge in [-0.2, -0.15) is 0 Å². The third-order valence-electron chi connectivity index (χ3n) is 3.37. The summed E-state index contributed by atoms with van der Waals surface area (Å²) < 4.78 is 5.11. The molecule has 0 spiro atoms. The molecule has 0 fully saturated rings. The molecular weight excluding hydrogens is 252 g/mol. The van der Waals surface area contributed by atoms with E-state index in [1.54, 1.807) is 13.0 Å². The molecule has 1 rings (SSSR count). The molecule has 0 bridgehead atoms. The number of rotatable bonds is 6. The number of benzene rings is 1. The van der Waals surface area contributed by atoms with Gasteiger partial charge in [-0.3, -0.25) is 0 Å². The molecule has 0 heterocycles. The van der Waals surface area contributed by atoms with Crippen LogP contribution in [0.25, 0.3) is 0 Å². The predicted octanol–water partition coefficient (Wildman–Crippen LogP) is 3.32. The smallest absolute Gasteiger partial charge is 0.340 e. The predicted molar refractivity (Wildman–Crippen MR) is 84.1 cm³/mol. The molecular formula is C16H26N2O2. The molecule has 0 aromatic heterocycles. The third kappa shape index (κ3) is 4.15. The number of anilines is 2.